The molecule has 0 spiro atoms. The molecular formula is C7H14O2. The lowest BCUT2D eigenvalue weighted by molar-refractivity contribution is 0.0465. The smallest absolute Gasteiger partial charge is 0.0979 e. The first-order valence-corrected chi connectivity index (χ1v) is 3.21. The van der Waals surface area contributed by atoms with Crippen LogP contribution in [-0.4, -0.2) is 22.4 Å². The van der Waals surface area contributed by atoms with Crippen molar-refractivity contribution in [2.24, 2.45) is 0 Å². The summed E-state index contributed by atoms with van der Waals surface area (Å²) in [6.45, 7) is 3.64. The molecule has 0 heterocycles. The van der Waals surface area contributed by atoms with Crippen molar-refractivity contribution >= 4 is 0 Å². The molecule has 2 heteroatoms. The van der Waals surface area contributed by atoms with Crippen molar-refractivity contribution in [2.45, 2.75) is 32.5 Å². The quantitative estimate of drug-likeness (QED) is 0.552. The van der Waals surface area contributed by atoms with E-state index in [1.54, 1.807) is 12.2 Å². The van der Waals surface area contributed by atoms with Crippen molar-refractivity contribution in [3.63, 3.8) is 0 Å². The molecule has 2 nitrogen and oxygen atoms in total. The van der Waals surface area contributed by atoms with Crippen LogP contribution in [0.2, 0.25) is 0 Å². The molecule has 0 amide bonds. The van der Waals surface area contributed by atoms with Crippen LogP contribution < -0.4 is 0 Å². The molecule has 0 aromatic carbocycles. The maximum Gasteiger partial charge on any atom is 0.0979 e. The van der Waals surface area contributed by atoms with E-state index in [4.69, 9.17) is 10.2 Å². The monoisotopic (exact) mass is 130 g/mol. The Morgan fingerprint density at radius 3 is 2.33 bits per heavy atom. The molecule has 0 aliphatic heterocycles. The molecule has 0 bridgehead atoms. The highest BCUT2D eigenvalue weighted by Crippen LogP contribution is 1.98. The van der Waals surface area contributed by atoms with E-state index in [0.29, 0.717) is 6.42 Å². The fourth-order valence-corrected chi connectivity index (χ4v) is 0.567. The Labute approximate surface area is 55.8 Å². The molecular weight excluding hydrogens is 116 g/mol. The Bertz CT molecular complexity index is 88.9. The Balaban J connectivity index is 3.58. The van der Waals surface area contributed by atoms with Gasteiger partial charge in [-0.3, -0.25) is 0 Å². The third kappa shape index (κ3) is 3.27. The first-order chi connectivity index (χ1) is 4.22. The summed E-state index contributed by atoms with van der Waals surface area (Å²) in [5.41, 5.74) is 0. The number of allylic oxidation sites excluding steroid dienone is 1. The first-order valence-electron chi connectivity index (χ1n) is 3.21. The van der Waals surface area contributed by atoms with Crippen LogP contribution in [0.25, 0.3) is 0 Å². The first kappa shape index (κ1) is 8.66. The van der Waals surface area contributed by atoms with E-state index in [-0.39, 0.29) is 0 Å². The molecule has 0 radical (unpaired) electrons. The number of aliphatic hydroxyl groups excluding tert-OH is 2. The van der Waals surface area contributed by atoms with Crippen molar-refractivity contribution in [3.05, 3.63) is 12.2 Å². The molecule has 0 aromatic heterocycles. The van der Waals surface area contributed by atoms with Gasteiger partial charge in [-0.2, -0.15) is 0 Å². The summed E-state index contributed by atoms with van der Waals surface area (Å²) < 4.78 is 0. The SMILES string of the molecule is C/C=C\[C@H](O)[C@@H](O)CC. The molecule has 0 fully saturated rings. The van der Waals surface area contributed by atoms with Gasteiger partial charge in [0, 0.05) is 0 Å². The Hall–Kier alpha value is -0.340. The van der Waals surface area contributed by atoms with Crippen LogP contribution in [0, 0.1) is 0 Å². The Kier molecular flexibility index (Phi) is 4.36. The highest BCUT2D eigenvalue weighted by Gasteiger charge is 2.08. The zero-order chi connectivity index (χ0) is 7.28. The van der Waals surface area contributed by atoms with Gasteiger partial charge in [0.1, 0.15) is 0 Å². The van der Waals surface area contributed by atoms with Crippen molar-refractivity contribution in [1.29, 1.82) is 0 Å². The predicted molar refractivity (Wildman–Crippen MR) is 37.1 cm³/mol. The molecule has 9 heavy (non-hydrogen) atoms. The molecule has 0 saturated heterocycles. The minimum Gasteiger partial charge on any atom is -0.390 e. The lowest BCUT2D eigenvalue weighted by Crippen LogP contribution is -2.22. The second-order valence-electron chi connectivity index (χ2n) is 1.99. The second kappa shape index (κ2) is 4.53. The Morgan fingerprint density at radius 1 is 1.44 bits per heavy atom. The topological polar surface area (TPSA) is 40.5 Å². The van der Waals surface area contributed by atoms with Crippen LogP contribution in [0.4, 0.5) is 0 Å². The molecule has 0 saturated carbocycles. The maximum absolute atomic E-state index is 8.98. The van der Waals surface area contributed by atoms with Crippen LogP contribution in [0.1, 0.15) is 20.3 Å². The summed E-state index contributed by atoms with van der Waals surface area (Å²) in [6.07, 6.45) is 2.59. The lowest BCUT2D eigenvalue weighted by Gasteiger charge is -2.10. The van der Waals surface area contributed by atoms with Gasteiger partial charge < -0.3 is 10.2 Å². The molecule has 0 unspecified atom stereocenters. The highest BCUT2D eigenvalue weighted by atomic mass is 16.3. The zero-order valence-electron chi connectivity index (χ0n) is 5.91. The van der Waals surface area contributed by atoms with Gasteiger partial charge in [0.2, 0.25) is 0 Å². The average Bonchev–Trinajstić information content (AvgIpc) is 1.87. The second-order valence-corrected chi connectivity index (χ2v) is 1.99. The molecule has 0 aliphatic rings. The van der Waals surface area contributed by atoms with Gasteiger partial charge in [0.05, 0.1) is 12.2 Å². The van der Waals surface area contributed by atoms with E-state index < -0.39 is 12.2 Å². The zero-order valence-corrected chi connectivity index (χ0v) is 5.91. The van der Waals surface area contributed by atoms with E-state index in [2.05, 4.69) is 0 Å². The van der Waals surface area contributed by atoms with Crippen molar-refractivity contribution in [1.82, 2.24) is 0 Å². The van der Waals surface area contributed by atoms with Crippen LogP contribution >= 0.6 is 0 Å². The van der Waals surface area contributed by atoms with Gasteiger partial charge >= 0.3 is 0 Å². The minimum atomic E-state index is -0.694. The fourth-order valence-electron chi connectivity index (χ4n) is 0.567. The predicted octanol–water partition coefficient (Wildman–Crippen LogP) is 0.694. The van der Waals surface area contributed by atoms with Gasteiger partial charge in [-0.05, 0) is 13.3 Å². The van der Waals surface area contributed by atoms with Gasteiger partial charge in [-0.25, -0.2) is 0 Å². The van der Waals surface area contributed by atoms with Crippen LogP contribution in [0.5, 0.6) is 0 Å². The largest absolute Gasteiger partial charge is 0.390 e. The summed E-state index contributed by atoms with van der Waals surface area (Å²) >= 11 is 0. The number of rotatable bonds is 3. The lowest BCUT2D eigenvalue weighted by atomic mass is 10.1. The van der Waals surface area contributed by atoms with Gasteiger partial charge in [0.15, 0.2) is 0 Å². The fraction of sp³-hybridized carbons (Fsp3) is 0.714. The average molecular weight is 130 g/mol. The molecule has 0 rings (SSSR count). The molecule has 54 valence electrons. The third-order valence-electron chi connectivity index (χ3n) is 1.20. The van der Waals surface area contributed by atoms with Crippen molar-refractivity contribution in [2.75, 3.05) is 0 Å². The highest BCUT2D eigenvalue weighted by molar-refractivity contribution is 4.89. The number of hydrogen-bond acceptors (Lipinski definition) is 2. The summed E-state index contributed by atoms with van der Waals surface area (Å²) in [5, 5.41) is 17.9. The normalized spacial score (nSPS) is 18.2. The van der Waals surface area contributed by atoms with Gasteiger partial charge in [-0.15, -0.1) is 0 Å². The van der Waals surface area contributed by atoms with Crippen molar-refractivity contribution in [3.8, 4) is 0 Å². The number of hydrogen-bond donors (Lipinski definition) is 2. The standard InChI is InChI=1S/C7H14O2/c1-3-5-7(9)6(8)4-2/h3,5-9H,4H2,1-2H3/b5-3-/t6-,7-/m0/s1. The molecule has 2 N–H and O–H groups in total. The summed E-state index contributed by atoms with van der Waals surface area (Å²) in [6, 6.07) is 0. The minimum absolute atomic E-state index is 0.589. The Morgan fingerprint density at radius 2 is 2.00 bits per heavy atom. The maximum atomic E-state index is 8.98. The van der Waals surface area contributed by atoms with Crippen LogP contribution in [-0.2, 0) is 0 Å². The van der Waals surface area contributed by atoms with Crippen LogP contribution in [0.15, 0.2) is 12.2 Å². The molecule has 2 atom stereocenters. The molecule has 0 aliphatic carbocycles. The summed E-state index contributed by atoms with van der Waals surface area (Å²) in [4.78, 5) is 0. The van der Waals surface area contributed by atoms with E-state index in [0.717, 1.165) is 0 Å². The van der Waals surface area contributed by atoms with Gasteiger partial charge in [-0.1, -0.05) is 19.1 Å². The van der Waals surface area contributed by atoms with E-state index in [1.807, 2.05) is 13.8 Å². The van der Waals surface area contributed by atoms with E-state index >= 15 is 0 Å². The van der Waals surface area contributed by atoms with Crippen LogP contribution in [0.3, 0.4) is 0 Å². The summed E-state index contributed by atoms with van der Waals surface area (Å²) in [5.74, 6) is 0. The molecule has 0 aromatic rings. The van der Waals surface area contributed by atoms with E-state index in [9.17, 15) is 0 Å². The van der Waals surface area contributed by atoms with Crippen molar-refractivity contribution < 1.29 is 10.2 Å². The third-order valence-corrected chi connectivity index (χ3v) is 1.20. The summed E-state index contributed by atoms with van der Waals surface area (Å²) in [7, 11) is 0. The van der Waals surface area contributed by atoms with Gasteiger partial charge in [0.25, 0.3) is 0 Å². The number of aliphatic hydroxyl groups is 2. The van der Waals surface area contributed by atoms with E-state index in [1.165, 1.54) is 0 Å².